The lowest BCUT2D eigenvalue weighted by atomic mass is 10.1. The molecular formula is C33H31N3O3S. The zero-order valence-corrected chi connectivity index (χ0v) is 23.5. The highest BCUT2D eigenvalue weighted by atomic mass is 32.2. The first-order valence-corrected chi connectivity index (χ1v) is 13.8. The van der Waals surface area contributed by atoms with Crippen LogP contribution < -0.4 is 16.0 Å². The van der Waals surface area contributed by atoms with E-state index in [2.05, 4.69) is 22.0 Å². The van der Waals surface area contributed by atoms with Crippen LogP contribution in [0.15, 0.2) is 108 Å². The van der Waals surface area contributed by atoms with Gasteiger partial charge in [-0.05, 0) is 86.0 Å². The van der Waals surface area contributed by atoms with Crippen molar-refractivity contribution in [2.45, 2.75) is 25.7 Å². The van der Waals surface area contributed by atoms with Crippen LogP contribution >= 0.6 is 11.8 Å². The number of aryl methyl sites for hydroxylation is 3. The molecule has 3 amide bonds. The Morgan fingerprint density at radius 2 is 1.43 bits per heavy atom. The Balaban J connectivity index is 1.45. The number of hydrogen-bond donors (Lipinski definition) is 3. The van der Waals surface area contributed by atoms with E-state index in [4.69, 9.17) is 0 Å². The van der Waals surface area contributed by atoms with Crippen molar-refractivity contribution in [1.82, 2.24) is 5.32 Å². The number of carbonyl (C=O) groups excluding carboxylic acids is 3. The molecule has 7 heteroatoms. The van der Waals surface area contributed by atoms with Crippen LogP contribution in [-0.2, 0) is 9.59 Å². The fourth-order valence-corrected chi connectivity index (χ4v) is 4.88. The van der Waals surface area contributed by atoms with E-state index in [1.165, 1.54) is 11.8 Å². The van der Waals surface area contributed by atoms with Gasteiger partial charge >= 0.3 is 0 Å². The second-order valence-electron chi connectivity index (χ2n) is 9.49. The minimum atomic E-state index is -0.458. The molecule has 0 heterocycles. The highest BCUT2D eigenvalue weighted by Crippen LogP contribution is 2.23. The largest absolute Gasteiger partial charge is 0.325 e. The molecule has 4 aromatic carbocycles. The van der Waals surface area contributed by atoms with Gasteiger partial charge in [-0.3, -0.25) is 14.4 Å². The van der Waals surface area contributed by atoms with E-state index in [0.717, 1.165) is 32.8 Å². The number of rotatable bonds is 9. The first kappa shape index (κ1) is 28.4. The minimum Gasteiger partial charge on any atom is -0.325 e. The van der Waals surface area contributed by atoms with Crippen molar-refractivity contribution in [3.8, 4) is 0 Å². The SMILES string of the molecule is Cc1cccc(/C=C(/NC(=O)c2ccccc2)C(=O)Nc2cccc(SCC(=O)Nc3cc(C)cc(C)c3)c2)c1. The quantitative estimate of drug-likeness (QED) is 0.159. The third-order valence-electron chi connectivity index (χ3n) is 5.85. The Bertz CT molecular complexity index is 1540. The molecule has 4 rings (SSSR count). The Kier molecular flexibility index (Phi) is 9.54. The molecule has 0 unspecified atom stereocenters. The lowest BCUT2D eigenvalue weighted by Gasteiger charge is -2.12. The fourth-order valence-electron chi connectivity index (χ4n) is 4.12. The van der Waals surface area contributed by atoms with E-state index in [9.17, 15) is 14.4 Å². The average molecular weight is 550 g/mol. The average Bonchev–Trinajstić information content (AvgIpc) is 2.91. The second-order valence-corrected chi connectivity index (χ2v) is 10.5. The number of anilines is 2. The fraction of sp³-hybridized carbons (Fsp3) is 0.121. The molecule has 0 aliphatic carbocycles. The Labute approximate surface area is 238 Å². The topological polar surface area (TPSA) is 87.3 Å². The predicted molar refractivity (Wildman–Crippen MR) is 163 cm³/mol. The van der Waals surface area contributed by atoms with E-state index in [0.29, 0.717) is 11.3 Å². The Morgan fingerprint density at radius 1 is 0.700 bits per heavy atom. The first-order chi connectivity index (χ1) is 19.2. The molecule has 0 spiro atoms. The van der Waals surface area contributed by atoms with Gasteiger partial charge in [0.05, 0.1) is 5.75 Å². The summed E-state index contributed by atoms with van der Waals surface area (Å²) in [5.41, 5.74) is 5.88. The van der Waals surface area contributed by atoms with Crippen LogP contribution in [0.5, 0.6) is 0 Å². The van der Waals surface area contributed by atoms with Crippen LogP contribution in [0.25, 0.3) is 6.08 Å². The Morgan fingerprint density at radius 3 is 2.15 bits per heavy atom. The number of amides is 3. The summed E-state index contributed by atoms with van der Waals surface area (Å²) in [4.78, 5) is 39.6. The number of benzene rings is 4. The molecule has 0 atom stereocenters. The van der Waals surface area contributed by atoms with Crippen molar-refractivity contribution >= 4 is 46.9 Å². The van der Waals surface area contributed by atoms with Crippen molar-refractivity contribution < 1.29 is 14.4 Å². The summed E-state index contributed by atoms with van der Waals surface area (Å²) < 4.78 is 0. The van der Waals surface area contributed by atoms with Gasteiger partial charge in [0.25, 0.3) is 11.8 Å². The highest BCUT2D eigenvalue weighted by molar-refractivity contribution is 8.00. The number of carbonyl (C=O) groups is 3. The molecule has 0 saturated carbocycles. The summed E-state index contributed by atoms with van der Waals surface area (Å²) in [5, 5.41) is 8.57. The van der Waals surface area contributed by atoms with Gasteiger partial charge in [0.1, 0.15) is 5.70 Å². The van der Waals surface area contributed by atoms with Crippen LogP contribution in [0.1, 0.15) is 32.6 Å². The summed E-state index contributed by atoms with van der Waals surface area (Å²) >= 11 is 1.37. The molecule has 3 N–H and O–H groups in total. The van der Waals surface area contributed by atoms with E-state index in [1.807, 2.05) is 75.4 Å². The minimum absolute atomic E-state index is 0.114. The third kappa shape index (κ3) is 8.44. The van der Waals surface area contributed by atoms with Gasteiger partial charge in [-0.25, -0.2) is 0 Å². The molecular weight excluding hydrogens is 518 g/mol. The van der Waals surface area contributed by atoms with Crippen molar-refractivity contribution in [2.75, 3.05) is 16.4 Å². The van der Waals surface area contributed by atoms with Gasteiger partial charge in [-0.2, -0.15) is 0 Å². The molecule has 4 aromatic rings. The van der Waals surface area contributed by atoms with Crippen molar-refractivity contribution in [3.63, 3.8) is 0 Å². The normalized spacial score (nSPS) is 11.0. The maximum absolute atomic E-state index is 13.3. The van der Waals surface area contributed by atoms with Crippen LogP contribution in [0.2, 0.25) is 0 Å². The molecule has 0 saturated heterocycles. The van der Waals surface area contributed by atoms with Gasteiger partial charge in [-0.1, -0.05) is 60.2 Å². The molecule has 40 heavy (non-hydrogen) atoms. The van der Waals surface area contributed by atoms with Gasteiger partial charge in [-0.15, -0.1) is 11.8 Å². The van der Waals surface area contributed by atoms with Crippen molar-refractivity contribution in [2.24, 2.45) is 0 Å². The van der Waals surface area contributed by atoms with E-state index >= 15 is 0 Å². The first-order valence-electron chi connectivity index (χ1n) is 12.8. The zero-order valence-electron chi connectivity index (χ0n) is 22.7. The van der Waals surface area contributed by atoms with Crippen LogP contribution in [-0.4, -0.2) is 23.5 Å². The maximum atomic E-state index is 13.3. The lowest BCUT2D eigenvalue weighted by molar-refractivity contribution is -0.114. The van der Waals surface area contributed by atoms with E-state index < -0.39 is 5.91 Å². The number of hydrogen-bond acceptors (Lipinski definition) is 4. The third-order valence-corrected chi connectivity index (χ3v) is 6.84. The highest BCUT2D eigenvalue weighted by Gasteiger charge is 2.15. The smallest absolute Gasteiger partial charge is 0.272 e. The maximum Gasteiger partial charge on any atom is 0.272 e. The van der Waals surface area contributed by atoms with Crippen molar-refractivity contribution in [1.29, 1.82) is 0 Å². The monoisotopic (exact) mass is 549 g/mol. The predicted octanol–water partition coefficient (Wildman–Crippen LogP) is 6.75. The molecule has 0 aliphatic rings. The van der Waals surface area contributed by atoms with Gasteiger partial charge < -0.3 is 16.0 Å². The molecule has 6 nitrogen and oxygen atoms in total. The van der Waals surface area contributed by atoms with Gasteiger partial charge in [0, 0.05) is 21.8 Å². The molecule has 0 bridgehead atoms. The number of nitrogens with one attached hydrogen (secondary N) is 3. The zero-order chi connectivity index (χ0) is 28.5. The van der Waals surface area contributed by atoms with E-state index in [-0.39, 0.29) is 23.3 Å². The summed E-state index contributed by atoms with van der Waals surface area (Å²) in [7, 11) is 0. The molecule has 0 radical (unpaired) electrons. The number of thioether (sulfide) groups is 1. The molecule has 202 valence electrons. The Hall–Kier alpha value is -4.62. The van der Waals surface area contributed by atoms with Crippen LogP contribution in [0.3, 0.4) is 0 Å². The van der Waals surface area contributed by atoms with Gasteiger partial charge in [0.15, 0.2) is 0 Å². The van der Waals surface area contributed by atoms with Gasteiger partial charge in [0.2, 0.25) is 5.91 Å². The standard InChI is InChI=1S/C33H31N3O3S/c1-22-9-7-10-25(16-22)19-30(36-32(38)26-11-5-4-6-12-26)33(39)35-27-13-8-14-29(20-27)40-21-31(37)34-28-17-23(2)15-24(3)18-28/h4-20H,21H2,1-3H3,(H,34,37)(H,35,39)(H,36,38)/b30-19+. The molecule has 0 aromatic heterocycles. The van der Waals surface area contributed by atoms with E-state index in [1.54, 1.807) is 42.5 Å². The summed E-state index contributed by atoms with van der Waals surface area (Å²) in [6.07, 6.45) is 1.65. The molecule has 0 fully saturated rings. The lowest BCUT2D eigenvalue weighted by Crippen LogP contribution is -2.30. The summed E-state index contributed by atoms with van der Waals surface area (Å²) in [6.45, 7) is 5.95. The van der Waals surface area contributed by atoms with Crippen LogP contribution in [0.4, 0.5) is 11.4 Å². The van der Waals surface area contributed by atoms with Crippen LogP contribution in [0, 0.1) is 20.8 Å². The molecule has 0 aliphatic heterocycles. The summed E-state index contributed by atoms with van der Waals surface area (Å²) in [5.74, 6) is -0.735. The van der Waals surface area contributed by atoms with Crippen molar-refractivity contribution in [3.05, 3.63) is 131 Å². The second kappa shape index (κ2) is 13.4. The summed E-state index contributed by atoms with van der Waals surface area (Å²) in [6, 6.07) is 29.6.